The van der Waals surface area contributed by atoms with Crippen molar-refractivity contribution in [1.82, 2.24) is 19.5 Å². The van der Waals surface area contributed by atoms with Gasteiger partial charge in [-0.25, -0.2) is 9.50 Å². The highest BCUT2D eigenvalue weighted by molar-refractivity contribution is 5.76. The summed E-state index contributed by atoms with van der Waals surface area (Å²) in [7, 11) is 0. The molecule has 0 radical (unpaired) electrons. The molecule has 4 rings (SSSR count). The van der Waals surface area contributed by atoms with E-state index in [2.05, 4.69) is 27.5 Å². The van der Waals surface area contributed by atoms with Gasteiger partial charge in [0.2, 0.25) is 5.91 Å². The number of aromatic nitrogens is 3. The number of benzene rings is 1. The summed E-state index contributed by atoms with van der Waals surface area (Å²) in [4.78, 5) is 18.8. The molecule has 1 aliphatic heterocycles. The number of nitrogens with zero attached hydrogens (tertiary/aromatic N) is 4. The Balaban J connectivity index is 1.28. The standard InChI is InChI=1S/C20H23N5O/c26-19(9-8-16-5-2-1-3-6-16)24-13-10-17(11-14-24)23-18-7-4-12-25-20(18)21-15-22-25/h1-7,12,15,17,23H,8-11,13-14H2. The number of rotatable bonds is 5. The van der Waals surface area contributed by atoms with Crippen LogP contribution in [0, 0.1) is 0 Å². The van der Waals surface area contributed by atoms with Crippen molar-refractivity contribution in [2.75, 3.05) is 18.4 Å². The molecule has 0 bridgehead atoms. The number of nitrogens with one attached hydrogen (secondary N) is 1. The quantitative estimate of drug-likeness (QED) is 0.769. The molecule has 0 spiro atoms. The lowest BCUT2D eigenvalue weighted by Crippen LogP contribution is -2.42. The Morgan fingerprint density at radius 2 is 1.92 bits per heavy atom. The number of fused-ring (bicyclic) bond motifs is 1. The van der Waals surface area contributed by atoms with Gasteiger partial charge in [0, 0.05) is 31.7 Å². The Labute approximate surface area is 152 Å². The number of anilines is 1. The lowest BCUT2D eigenvalue weighted by Gasteiger charge is -2.33. The van der Waals surface area contributed by atoms with E-state index in [9.17, 15) is 4.79 Å². The predicted octanol–water partition coefficient (Wildman–Crippen LogP) is 2.77. The van der Waals surface area contributed by atoms with Gasteiger partial charge in [0.25, 0.3) is 0 Å². The first-order valence-corrected chi connectivity index (χ1v) is 9.16. The molecule has 1 N–H and O–H groups in total. The molecule has 1 aromatic carbocycles. The van der Waals surface area contributed by atoms with E-state index in [4.69, 9.17) is 0 Å². The van der Waals surface area contributed by atoms with Crippen LogP contribution in [0.5, 0.6) is 0 Å². The van der Waals surface area contributed by atoms with Gasteiger partial charge >= 0.3 is 0 Å². The monoisotopic (exact) mass is 349 g/mol. The topological polar surface area (TPSA) is 62.5 Å². The molecule has 0 saturated carbocycles. The summed E-state index contributed by atoms with van der Waals surface area (Å²) in [6.07, 6.45) is 6.75. The molecule has 3 aromatic rings. The normalized spacial score (nSPS) is 15.3. The molecule has 0 unspecified atom stereocenters. The summed E-state index contributed by atoms with van der Waals surface area (Å²) in [5.74, 6) is 0.256. The van der Waals surface area contributed by atoms with Gasteiger partial charge in [0.1, 0.15) is 6.33 Å². The van der Waals surface area contributed by atoms with Crippen LogP contribution < -0.4 is 5.32 Å². The number of pyridine rings is 1. The minimum Gasteiger partial charge on any atom is -0.379 e. The average Bonchev–Trinajstić information content (AvgIpc) is 3.17. The minimum absolute atomic E-state index is 0.256. The van der Waals surface area contributed by atoms with E-state index >= 15 is 0 Å². The lowest BCUT2D eigenvalue weighted by molar-refractivity contribution is -0.132. The summed E-state index contributed by atoms with van der Waals surface area (Å²) >= 11 is 0. The molecular formula is C20H23N5O. The van der Waals surface area contributed by atoms with Crippen LogP contribution in [0.25, 0.3) is 5.65 Å². The fraction of sp³-hybridized carbons (Fsp3) is 0.350. The molecular weight excluding hydrogens is 326 g/mol. The second-order valence-corrected chi connectivity index (χ2v) is 6.74. The summed E-state index contributed by atoms with van der Waals surface area (Å²) in [6, 6.07) is 14.6. The number of carbonyl (C=O) groups excluding carboxylic acids is 1. The highest BCUT2D eigenvalue weighted by Crippen LogP contribution is 2.20. The van der Waals surface area contributed by atoms with Gasteiger partial charge < -0.3 is 10.2 Å². The Kier molecular flexibility index (Phi) is 4.82. The minimum atomic E-state index is 0.256. The van der Waals surface area contributed by atoms with Gasteiger partial charge in [-0.05, 0) is 37.0 Å². The molecule has 3 heterocycles. The van der Waals surface area contributed by atoms with Crippen LogP contribution in [0.15, 0.2) is 55.0 Å². The van der Waals surface area contributed by atoms with Gasteiger partial charge in [-0.15, -0.1) is 0 Å². The SMILES string of the molecule is O=C(CCc1ccccc1)N1CCC(Nc2cccn3ncnc23)CC1. The van der Waals surface area contributed by atoms with E-state index < -0.39 is 0 Å². The van der Waals surface area contributed by atoms with Crippen LogP contribution in [-0.2, 0) is 11.2 Å². The first-order valence-electron chi connectivity index (χ1n) is 9.16. The molecule has 1 aliphatic rings. The number of aryl methyl sites for hydroxylation is 1. The molecule has 0 atom stereocenters. The highest BCUT2D eigenvalue weighted by atomic mass is 16.2. The third-order valence-electron chi connectivity index (χ3n) is 4.98. The molecule has 1 amide bonds. The highest BCUT2D eigenvalue weighted by Gasteiger charge is 2.23. The fourth-order valence-electron chi connectivity index (χ4n) is 3.51. The summed E-state index contributed by atoms with van der Waals surface area (Å²) in [6.45, 7) is 1.61. The molecule has 1 fully saturated rings. The first-order chi connectivity index (χ1) is 12.8. The Morgan fingerprint density at radius 1 is 1.12 bits per heavy atom. The van der Waals surface area contributed by atoms with Crippen molar-refractivity contribution < 1.29 is 4.79 Å². The smallest absolute Gasteiger partial charge is 0.222 e. The van der Waals surface area contributed by atoms with Gasteiger partial charge in [-0.3, -0.25) is 4.79 Å². The van der Waals surface area contributed by atoms with Crippen molar-refractivity contribution in [3.63, 3.8) is 0 Å². The number of likely N-dealkylation sites (tertiary alicyclic amines) is 1. The maximum atomic E-state index is 12.5. The van der Waals surface area contributed by atoms with Crippen molar-refractivity contribution in [2.45, 2.75) is 31.7 Å². The molecule has 134 valence electrons. The summed E-state index contributed by atoms with van der Waals surface area (Å²) < 4.78 is 1.77. The van der Waals surface area contributed by atoms with E-state index in [1.54, 1.807) is 10.8 Å². The zero-order valence-electron chi connectivity index (χ0n) is 14.7. The molecule has 26 heavy (non-hydrogen) atoms. The fourth-order valence-corrected chi connectivity index (χ4v) is 3.51. The van der Waals surface area contributed by atoms with Crippen molar-refractivity contribution >= 4 is 17.2 Å². The van der Waals surface area contributed by atoms with Gasteiger partial charge in [-0.2, -0.15) is 5.10 Å². The zero-order chi connectivity index (χ0) is 17.8. The number of hydrogen-bond acceptors (Lipinski definition) is 4. The Bertz CT molecular complexity index is 868. The van der Waals surface area contributed by atoms with E-state index in [-0.39, 0.29) is 5.91 Å². The largest absolute Gasteiger partial charge is 0.379 e. The zero-order valence-corrected chi connectivity index (χ0v) is 14.7. The summed E-state index contributed by atoms with van der Waals surface area (Å²) in [5, 5.41) is 7.73. The van der Waals surface area contributed by atoms with Gasteiger partial charge in [0.15, 0.2) is 5.65 Å². The Morgan fingerprint density at radius 3 is 2.73 bits per heavy atom. The molecule has 1 saturated heterocycles. The van der Waals surface area contributed by atoms with Crippen LogP contribution in [-0.4, -0.2) is 44.5 Å². The molecule has 2 aromatic heterocycles. The van der Waals surface area contributed by atoms with Crippen LogP contribution in [0.2, 0.25) is 0 Å². The second-order valence-electron chi connectivity index (χ2n) is 6.74. The number of carbonyl (C=O) groups is 1. The van der Waals surface area contributed by atoms with E-state index in [1.807, 2.05) is 41.4 Å². The van der Waals surface area contributed by atoms with Crippen LogP contribution >= 0.6 is 0 Å². The molecule has 6 heteroatoms. The van der Waals surface area contributed by atoms with E-state index in [0.717, 1.165) is 43.7 Å². The number of piperidine rings is 1. The van der Waals surface area contributed by atoms with Crippen molar-refractivity contribution in [2.24, 2.45) is 0 Å². The third kappa shape index (κ3) is 3.69. The van der Waals surface area contributed by atoms with Crippen LogP contribution in [0.3, 0.4) is 0 Å². The van der Waals surface area contributed by atoms with Gasteiger partial charge in [-0.1, -0.05) is 30.3 Å². The molecule has 6 nitrogen and oxygen atoms in total. The van der Waals surface area contributed by atoms with Gasteiger partial charge in [0.05, 0.1) is 5.69 Å². The first kappa shape index (κ1) is 16.6. The van der Waals surface area contributed by atoms with Crippen molar-refractivity contribution in [3.8, 4) is 0 Å². The van der Waals surface area contributed by atoms with Crippen LogP contribution in [0.4, 0.5) is 5.69 Å². The van der Waals surface area contributed by atoms with E-state index in [0.29, 0.717) is 12.5 Å². The van der Waals surface area contributed by atoms with Crippen LogP contribution in [0.1, 0.15) is 24.8 Å². The molecule has 0 aliphatic carbocycles. The average molecular weight is 349 g/mol. The number of hydrogen-bond donors (Lipinski definition) is 1. The maximum Gasteiger partial charge on any atom is 0.222 e. The van der Waals surface area contributed by atoms with E-state index in [1.165, 1.54) is 5.56 Å². The predicted molar refractivity (Wildman–Crippen MR) is 101 cm³/mol. The maximum absolute atomic E-state index is 12.5. The summed E-state index contributed by atoms with van der Waals surface area (Å²) in [5.41, 5.74) is 3.06. The second kappa shape index (κ2) is 7.56. The number of amides is 1. The third-order valence-corrected chi connectivity index (χ3v) is 4.98. The Hall–Kier alpha value is -2.89. The van der Waals surface area contributed by atoms with Crippen molar-refractivity contribution in [3.05, 3.63) is 60.6 Å². The van der Waals surface area contributed by atoms with Crippen molar-refractivity contribution in [1.29, 1.82) is 0 Å². The lowest BCUT2D eigenvalue weighted by atomic mass is 10.0.